The molecule has 49 heavy (non-hydrogen) atoms. The number of allylic oxidation sites excluding steroid dienone is 5. The van der Waals surface area contributed by atoms with Gasteiger partial charge < -0.3 is 19.8 Å². The standard InChI is InChI=1S/C40H77N2O6P/c1-6-8-10-12-14-16-18-19-20-21-22-23-24-26-28-30-32-34-40(44)41-38(37-48-49(45,46)47-36-35-42(3,4)5)39(43)33-31-29-27-25-17-15-13-11-9-7-2/h19-20,27,29,31,33,38-39,43H,6-18,21-26,28,30,32,34-37H2,1-5H3,(H-,41,44,45,46)/p+1/b20-19+,29-27+,33-31+/t38-,39+/m0/s1. The molecule has 0 heterocycles. The molecule has 0 radical (unpaired) electrons. The minimum Gasteiger partial charge on any atom is -0.387 e. The Morgan fingerprint density at radius 3 is 1.67 bits per heavy atom. The molecular formula is C40H78N2O6P+. The fraction of sp³-hybridized carbons (Fsp3) is 0.825. The molecule has 0 saturated carbocycles. The van der Waals surface area contributed by atoms with E-state index < -0.39 is 20.0 Å². The lowest BCUT2D eigenvalue weighted by molar-refractivity contribution is -0.870. The van der Waals surface area contributed by atoms with Crippen molar-refractivity contribution in [2.24, 2.45) is 0 Å². The summed E-state index contributed by atoms with van der Waals surface area (Å²) in [4.78, 5) is 23.0. The molecule has 9 heteroatoms. The molecule has 0 aliphatic carbocycles. The Morgan fingerprint density at radius 2 is 1.16 bits per heavy atom. The molecule has 8 nitrogen and oxygen atoms in total. The average Bonchev–Trinajstić information content (AvgIpc) is 3.04. The van der Waals surface area contributed by atoms with Gasteiger partial charge in [0.05, 0.1) is 39.9 Å². The Hall–Kier alpha value is -1.28. The van der Waals surface area contributed by atoms with Crippen molar-refractivity contribution in [1.29, 1.82) is 0 Å². The van der Waals surface area contributed by atoms with Gasteiger partial charge in [0.25, 0.3) is 0 Å². The highest BCUT2D eigenvalue weighted by Crippen LogP contribution is 2.43. The van der Waals surface area contributed by atoms with E-state index in [4.69, 9.17) is 9.05 Å². The van der Waals surface area contributed by atoms with E-state index >= 15 is 0 Å². The molecule has 0 aromatic heterocycles. The van der Waals surface area contributed by atoms with E-state index in [9.17, 15) is 19.4 Å². The summed E-state index contributed by atoms with van der Waals surface area (Å²) in [5.74, 6) is -0.203. The summed E-state index contributed by atoms with van der Waals surface area (Å²) in [6.07, 6.45) is 37.9. The first-order valence-corrected chi connectivity index (χ1v) is 21.4. The van der Waals surface area contributed by atoms with Gasteiger partial charge in [-0.25, -0.2) is 4.57 Å². The third-order valence-electron chi connectivity index (χ3n) is 8.64. The van der Waals surface area contributed by atoms with Crippen LogP contribution in [-0.2, 0) is 18.4 Å². The van der Waals surface area contributed by atoms with Crippen LogP contribution in [0.5, 0.6) is 0 Å². The van der Waals surface area contributed by atoms with Gasteiger partial charge in [0, 0.05) is 6.42 Å². The number of hydrogen-bond acceptors (Lipinski definition) is 5. The van der Waals surface area contributed by atoms with E-state index in [1.807, 2.05) is 27.2 Å². The zero-order chi connectivity index (χ0) is 36.5. The molecular weight excluding hydrogens is 635 g/mol. The summed E-state index contributed by atoms with van der Waals surface area (Å²) in [6, 6.07) is -0.877. The third-order valence-corrected chi connectivity index (χ3v) is 9.62. The maximum Gasteiger partial charge on any atom is 0.472 e. The van der Waals surface area contributed by atoms with E-state index in [1.165, 1.54) is 109 Å². The number of phosphoric acid groups is 1. The van der Waals surface area contributed by atoms with E-state index in [0.29, 0.717) is 17.4 Å². The van der Waals surface area contributed by atoms with Gasteiger partial charge in [0.15, 0.2) is 0 Å². The Bertz CT molecular complexity index is 902. The second-order valence-electron chi connectivity index (χ2n) is 14.7. The van der Waals surface area contributed by atoms with Crippen molar-refractivity contribution in [2.45, 2.75) is 174 Å². The maximum absolute atomic E-state index is 12.8. The number of carbonyl (C=O) groups excluding carboxylic acids is 1. The number of aliphatic hydroxyl groups excluding tert-OH is 1. The Labute approximate surface area is 302 Å². The van der Waals surface area contributed by atoms with Crippen LogP contribution in [0.1, 0.15) is 162 Å². The van der Waals surface area contributed by atoms with Crippen molar-refractivity contribution < 1.29 is 32.9 Å². The first-order chi connectivity index (χ1) is 23.5. The quantitative estimate of drug-likeness (QED) is 0.0199. The molecule has 0 aliphatic rings. The van der Waals surface area contributed by atoms with Gasteiger partial charge in [-0.3, -0.25) is 13.8 Å². The van der Waals surface area contributed by atoms with Crippen LogP contribution in [0.15, 0.2) is 36.5 Å². The van der Waals surface area contributed by atoms with Crippen LogP contribution in [0.4, 0.5) is 0 Å². The van der Waals surface area contributed by atoms with Gasteiger partial charge in [0.1, 0.15) is 13.2 Å². The molecule has 0 fully saturated rings. The monoisotopic (exact) mass is 714 g/mol. The number of unbranched alkanes of at least 4 members (excludes halogenated alkanes) is 19. The number of quaternary nitrogens is 1. The van der Waals surface area contributed by atoms with Gasteiger partial charge in [-0.1, -0.05) is 147 Å². The Balaban J connectivity index is 4.49. The molecule has 0 saturated heterocycles. The van der Waals surface area contributed by atoms with Crippen molar-refractivity contribution in [3.8, 4) is 0 Å². The number of aliphatic hydroxyl groups is 1. The lowest BCUT2D eigenvalue weighted by atomic mass is 10.1. The number of rotatable bonds is 35. The maximum atomic E-state index is 12.8. The fourth-order valence-electron chi connectivity index (χ4n) is 5.39. The summed E-state index contributed by atoms with van der Waals surface area (Å²) < 4.78 is 23.4. The van der Waals surface area contributed by atoms with Crippen molar-refractivity contribution >= 4 is 13.7 Å². The molecule has 1 unspecified atom stereocenters. The second kappa shape index (κ2) is 32.6. The summed E-state index contributed by atoms with van der Waals surface area (Å²) in [6.45, 7) is 4.72. The molecule has 288 valence electrons. The zero-order valence-electron chi connectivity index (χ0n) is 32.4. The highest BCUT2D eigenvalue weighted by molar-refractivity contribution is 7.47. The number of hydrogen-bond donors (Lipinski definition) is 3. The number of nitrogens with zero attached hydrogens (tertiary/aromatic N) is 1. The average molecular weight is 714 g/mol. The SMILES string of the molecule is CCCCCCCC/C=C/C=C/[C@@H](O)[C@H](COP(=O)(O)OCC[N+](C)(C)C)NC(=O)CCCCCCCCC/C=C/CCCCCCCC. The number of amides is 1. The van der Waals surface area contributed by atoms with Crippen LogP contribution >= 0.6 is 7.82 Å². The van der Waals surface area contributed by atoms with Gasteiger partial charge >= 0.3 is 7.82 Å². The lowest BCUT2D eigenvalue weighted by Gasteiger charge is -2.25. The zero-order valence-corrected chi connectivity index (χ0v) is 33.3. The van der Waals surface area contributed by atoms with E-state index in [-0.39, 0.29) is 19.1 Å². The predicted octanol–water partition coefficient (Wildman–Crippen LogP) is 10.4. The topological polar surface area (TPSA) is 105 Å². The molecule has 3 atom stereocenters. The number of nitrogens with one attached hydrogen (secondary N) is 1. The van der Waals surface area contributed by atoms with Crippen LogP contribution in [0, 0.1) is 0 Å². The van der Waals surface area contributed by atoms with Crippen molar-refractivity contribution in [2.75, 3.05) is 40.9 Å². The third kappa shape index (κ3) is 34.9. The number of likely N-dealkylation sites (N-methyl/N-ethyl adjacent to an activating group) is 1. The van der Waals surface area contributed by atoms with Gasteiger partial charge in [-0.2, -0.15) is 0 Å². The van der Waals surface area contributed by atoms with Gasteiger partial charge in [-0.15, -0.1) is 0 Å². The van der Waals surface area contributed by atoms with Crippen LogP contribution in [0.2, 0.25) is 0 Å². The summed E-state index contributed by atoms with van der Waals surface area (Å²) in [5, 5.41) is 13.7. The van der Waals surface area contributed by atoms with Crippen molar-refractivity contribution in [3.05, 3.63) is 36.5 Å². The normalized spacial score (nSPS) is 15.0. The lowest BCUT2D eigenvalue weighted by Crippen LogP contribution is -2.45. The summed E-state index contributed by atoms with van der Waals surface area (Å²) in [7, 11) is 1.54. The molecule has 0 aliphatic heterocycles. The highest BCUT2D eigenvalue weighted by atomic mass is 31.2. The first-order valence-electron chi connectivity index (χ1n) is 19.9. The molecule has 0 spiro atoms. The van der Waals surface area contributed by atoms with Gasteiger partial charge in [0.2, 0.25) is 5.91 Å². The van der Waals surface area contributed by atoms with Crippen LogP contribution < -0.4 is 5.32 Å². The molecule has 0 bridgehead atoms. The Kier molecular flexibility index (Phi) is 31.8. The summed E-state index contributed by atoms with van der Waals surface area (Å²) >= 11 is 0. The minimum absolute atomic E-state index is 0.0521. The highest BCUT2D eigenvalue weighted by Gasteiger charge is 2.27. The fourth-order valence-corrected chi connectivity index (χ4v) is 6.12. The van der Waals surface area contributed by atoms with Gasteiger partial charge in [-0.05, 0) is 44.9 Å². The molecule has 0 rings (SSSR count). The van der Waals surface area contributed by atoms with E-state index in [0.717, 1.165) is 32.1 Å². The predicted molar refractivity (Wildman–Crippen MR) is 208 cm³/mol. The molecule has 3 N–H and O–H groups in total. The van der Waals surface area contributed by atoms with E-state index in [2.05, 4.69) is 37.4 Å². The van der Waals surface area contributed by atoms with Crippen LogP contribution in [-0.4, -0.2) is 73.4 Å². The second-order valence-corrected chi connectivity index (χ2v) is 16.1. The largest absolute Gasteiger partial charge is 0.472 e. The number of phosphoric ester groups is 1. The number of carbonyl (C=O) groups is 1. The smallest absolute Gasteiger partial charge is 0.387 e. The minimum atomic E-state index is -4.34. The Morgan fingerprint density at radius 1 is 0.694 bits per heavy atom. The molecule has 0 aromatic carbocycles. The molecule has 1 amide bonds. The summed E-state index contributed by atoms with van der Waals surface area (Å²) in [5.41, 5.74) is 0. The van der Waals surface area contributed by atoms with Crippen LogP contribution in [0.3, 0.4) is 0 Å². The molecule has 0 aromatic rings. The first kappa shape index (κ1) is 47.7. The van der Waals surface area contributed by atoms with Crippen molar-refractivity contribution in [1.82, 2.24) is 5.32 Å². The van der Waals surface area contributed by atoms with E-state index in [1.54, 1.807) is 12.2 Å². The van der Waals surface area contributed by atoms with Crippen LogP contribution in [0.25, 0.3) is 0 Å². The van der Waals surface area contributed by atoms with Crippen molar-refractivity contribution in [3.63, 3.8) is 0 Å².